The highest BCUT2D eigenvalue weighted by molar-refractivity contribution is 7.09. The lowest BCUT2D eigenvalue weighted by Gasteiger charge is -2.13. The predicted octanol–water partition coefficient (Wildman–Crippen LogP) is 2.52. The van der Waals surface area contributed by atoms with Gasteiger partial charge in [0, 0.05) is 38.2 Å². The van der Waals surface area contributed by atoms with Gasteiger partial charge in [0.1, 0.15) is 0 Å². The Hall–Kier alpha value is -1.07. The van der Waals surface area contributed by atoms with Crippen LogP contribution in [0.3, 0.4) is 0 Å². The van der Waals surface area contributed by atoms with E-state index in [9.17, 15) is 0 Å². The van der Waals surface area contributed by atoms with Gasteiger partial charge in [0.15, 0.2) is 5.96 Å². The van der Waals surface area contributed by atoms with E-state index in [0.717, 1.165) is 45.0 Å². The Bertz CT molecular complexity index is 365. The van der Waals surface area contributed by atoms with Gasteiger partial charge in [-0.2, -0.15) is 0 Å². The van der Waals surface area contributed by atoms with Crippen molar-refractivity contribution in [2.24, 2.45) is 10.9 Å². The van der Waals surface area contributed by atoms with E-state index in [-0.39, 0.29) is 0 Å². The minimum Gasteiger partial charge on any atom is -0.385 e. The average Bonchev–Trinajstić information content (AvgIpc) is 2.93. The number of hydrogen-bond donors (Lipinski definition) is 2. The lowest BCUT2D eigenvalue weighted by molar-refractivity contribution is 0.195. The molecule has 0 radical (unpaired) electrons. The van der Waals surface area contributed by atoms with Crippen LogP contribution in [0.25, 0.3) is 0 Å². The molecule has 1 aromatic heterocycles. The Morgan fingerprint density at radius 2 is 2.30 bits per heavy atom. The minimum absolute atomic E-state index is 0.558. The Kier molecular flexibility index (Phi) is 9.07. The summed E-state index contributed by atoms with van der Waals surface area (Å²) in [4.78, 5) is 6.09. The van der Waals surface area contributed by atoms with Gasteiger partial charge in [-0.1, -0.05) is 13.0 Å². The highest BCUT2D eigenvalue weighted by atomic mass is 32.1. The first-order valence-corrected chi connectivity index (χ1v) is 8.17. The number of aliphatic imine (C=N–C) groups is 1. The largest absolute Gasteiger partial charge is 0.385 e. The van der Waals surface area contributed by atoms with Crippen LogP contribution in [0.1, 0.15) is 25.1 Å². The third kappa shape index (κ3) is 7.50. The highest BCUT2D eigenvalue weighted by Crippen LogP contribution is 2.14. The van der Waals surface area contributed by atoms with Gasteiger partial charge in [0.2, 0.25) is 0 Å². The average molecular weight is 297 g/mol. The van der Waals surface area contributed by atoms with Crippen molar-refractivity contribution in [2.75, 3.05) is 33.4 Å². The molecule has 0 amide bonds. The normalized spacial score (nSPS) is 13.2. The first-order chi connectivity index (χ1) is 9.76. The van der Waals surface area contributed by atoms with Gasteiger partial charge in [0.05, 0.1) is 0 Å². The molecular formula is C15H27N3OS. The molecule has 0 fully saturated rings. The number of thiophene rings is 1. The Balaban J connectivity index is 2.32. The second kappa shape index (κ2) is 10.7. The minimum atomic E-state index is 0.558. The van der Waals surface area contributed by atoms with Crippen molar-refractivity contribution in [1.82, 2.24) is 10.6 Å². The van der Waals surface area contributed by atoms with Crippen molar-refractivity contribution in [3.05, 3.63) is 22.4 Å². The third-order valence-corrected chi connectivity index (χ3v) is 3.75. The van der Waals surface area contributed by atoms with Crippen molar-refractivity contribution in [3.63, 3.8) is 0 Å². The van der Waals surface area contributed by atoms with Gasteiger partial charge in [-0.15, -0.1) is 11.3 Å². The van der Waals surface area contributed by atoms with E-state index in [0.29, 0.717) is 5.92 Å². The zero-order valence-electron chi connectivity index (χ0n) is 12.8. The molecule has 0 aliphatic rings. The Morgan fingerprint density at radius 1 is 1.45 bits per heavy atom. The summed E-state index contributed by atoms with van der Waals surface area (Å²) in [7, 11) is 1.73. The Morgan fingerprint density at radius 3 is 2.95 bits per heavy atom. The molecule has 1 aromatic rings. The van der Waals surface area contributed by atoms with E-state index in [1.807, 2.05) is 11.3 Å². The van der Waals surface area contributed by atoms with Crippen molar-refractivity contribution in [3.8, 4) is 0 Å². The van der Waals surface area contributed by atoms with Gasteiger partial charge in [-0.05, 0) is 37.1 Å². The first-order valence-electron chi connectivity index (χ1n) is 7.29. The molecule has 0 spiro atoms. The van der Waals surface area contributed by atoms with Gasteiger partial charge in [-0.3, -0.25) is 4.99 Å². The van der Waals surface area contributed by atoms with Crippen LogP contribution in [-0.4, -0.2) is 39.3 Å². The van der Waals surface area contributed by atoms with Crippen LogP contribution in [0.15, 0.2) is 22.5 Å². The summed E-state index contributed by atoms with van der Waals surface area (Å²) < 4.78 is 5.04. The molecule has 1 atom stereocenters. The van der Waals surface area contributed by atoms with E-state index in [1.54, 1.807) is 7.11 Å². The lowest BCUT2D eigenvalue weighted by atomic mass is 10.1. The van der Waals surface area contributed by atoms with E-state index in [4.69, 9.17) is 4.74 Å². The fourth-order valence-corrected chi connectivity index (χ4v) is 2.72. The van der Waals surface area contributed by atoms with Crippen molar-refractivity contribution < 1.29 is 4.74 Å². The number of rotatable bonds is 9. The number of hydrogen-bond acceptors (Lipinski definition) is 3. The summed E-state index contributed by atoms with van der Waals surface area (Å²) in [6, 6.07) is 4.30. The SMILES string of the molecule is CCNC(=NCC(C)Cc1cccs1)NCCCOC. The van der Waals surface area contributed by atoms with Crippen LogP contribution in [0.4, 0.5) is 0 Å². The van der Waals surface area contributed by atoms with Crippen LogP contribution >= 0.6 is 11.3 Å². The van der Waals surface area contributed by atoms with Crippen molar-refractivity contribution >= 4 is 17.3 Å². The van der Waals surface area contributed by atoms with Crippen LogP contribution in [0, 0.1) is 5.92 Å². The topological polar surface area (TPSA) is 45.7 Å². The molecule has 0 aliphatic carbocycles. The zero-order chi connectivity index (χ0) is 14.6. The predicted molar refractivity (Wildman–Crippen MR) is 87.7 cm³/mol. The molecular weight excluding hydrogens is 270 g/mol. The van der Waals surface area contributed by atoms with E-state index in [1.165, 1.54) is 4.88 Å². The number of guanidine groups is 1. The summed E-state index contributed by atoms with van der Waals surface area (Å²) in [6.45, 7) is 7.73. The molecule has 114 valence electrons. The van der Waals surface area contributed by atoms with Gasteiger partial charge < -0.3 is 15.4 Å². The Labute approximate surface area is 126 Å². The smallest absolute Gasteiger partial charge is 0.191 e. The van der Waals surface area contributed by atoms with Crippen molar-refractivity contribution in [2.45, 2.75) is 26.7 Å². The molecule has 0 saturated carbocycles. The number of ether oxygens (including phenoxy) is 1. The van der Waals surface area contributed by atoms with Gasteiger partial charge in [0.25, 0.3) is 0 Å². The second-order valence-corrected chi connectivity index (χ2v) is 5.91. The third-order valence-electron chi connectivity index (χ3n) is 2.85. The van der Waals surface area contributed by atoms with Gasteiger partial charge >= 0.3 is 0 Å². The standard InChI is InChI=1S/C15H27N3OS/c1-4-16-15(17-8-6-9-19-3)18-12-13(2)11-14-7-5-10-20-14/h5,7,10,13H,4,6,8-9,11-12H2,1-3H3,(H2,16,17,18). The fourth-order valence-electron chi connectivity index (χ4n) is 1.85. The summed E-state index contributed by atoms with van der Waals surface area (Å²) in [5.41, 5.74) is 0. The molecule has 1 heterocycles. The number of methoxy groups -OCH3 is 1. The second-order valence-electron chi connectivity index (χ2n) is 4.88. The zero-order valence-corrected chi connectivity index (χ0v) is 13.6. The summed E-state index contributed by atoms with van der Waals surface area (Å²) in [5.74, 6) is 1.46. The van der Waals surface area contributed by atoms with Crippen LogP contribution in [-0.2, 0) is 11.2 Å². The van der Waals surface area contributed by atoms with E-state index in [2.05, 4.69) is 47.0 Å². The lowest BCUT2D eigenvalue weighted by Crippen LogP contribution is -2.38. The molecule has 5 heteroatoms. The molecule has 4 nitrogen and oxygen atoms in total. The molecule has 0 saturated heterocycles. The summed E-state index contributed by atoms with van der Waals surface area (Å²) >= 11 is 1.82. The van der Waals surface area contributed by atoms with Crippen LogP contribution < -0.4 is 10.6 Å². The molecule has 2 N–H and O–H groups in total. The maximum absolute atomic E-state index is 5.04. The molecule has 0 aromatic carbocycles. The maximum Gasteiger partial charge on any atom is 0.191 e. The van der Waals surface area contributed by atoms with Crippen LogP contribution in [0.5, 0.6) is 0 Å². The molecule has 1 rings (SSSR count). The molecule has 1 unspecified atom stereocenters. The fraction of sp³-hybridized carbons (Fsp3) is 0.667. The van der Waals surface area contributed by atoms with Crippen LogP contribution in [0.2, 0.25) is 0 Å². The van der Waals surface area contributed by atoms with Crippen molar-refractivity contribution in [1.29, 1.82) is 0 Å². The maximum atomic E-state index is 5.04. The van der Waals surface area contributed by atoms with E-state index < -0.39 is 0 Å². The van der Waals surface area contributed by atoms with Gasteiger partial charge in [-0.25, -0.2) is 0 Å². The number of nitrogens with zero attached hydrogens (tertiary/aromatic N) is 1. The summed E-state index contributed by atoms with van der Waals surface area (Å²) in [5, 5.41) is 8.74. The van der Waals surface area contributed by atoms with E-state index >= 15 is 0 Å². The first kappa shape index (κ1) is 17.0. The molecule has 0 aliphatic heterocycles. The molecule has 20 heavy (non-hydrogen) atoms. The summed E-state index contributed by atoms with van der Waals surface area (Å²) in [6.07, 6.45) is 2.09. The molecule has 0 bridgehead atoms. The highest BCUT2D eigenvalue weighted by Gasteiger charge is 2.05. The monoisotopic (exact) mass is 297 g/mol. The number of nitrogens with one attached hydrogen (secondary N) is 2. The quantitative estimate of drug-likeness (QED) is 0.418.